The number of carbonyl (C=O) groups is 2. The summed E-state index contributed by atoms with van der Waals surface area (Å²) in [6.07, 6.45) is 3.16. The van der Waals surface area contributed by atoms with Gasteiger partial charge in [-0.1, -0.05) is 17.7 Å². The van der Waals surface area contributed by atoms with Crippen molar-refractivity contribution in [1.29, 1.82) is 0 Å². The molecule has 0 spiro atoms. The number of amides is 2. The van der Waals surface area contributed by atoms with E-state index >= 15 is 0 Å². The van der Waals surface area contributed by atoms with Crippen LogP contribution in [0.25, 0.3) is 0 Å². The molecule has 2 aromatic rings. The van der Waals surface area contributed by atoms with E-state index in [0.717, 1.165) is 5.56 Å². The van der Waals surface area contributed by atoms with Crippen molar-refractivity contribution in [2.24, 2.45) is 0 Å². The van der Waals surface area contributed by atoms with E-state index in [0.29, 0.717) is 29.5 Å². The summed E-state index contributed by atoms with van der Waals surface area (Å²) >= 11 is 7.34. The first kappa shape index (κ1) is 17.8. The average molecular weight is 380 g/mol. The Balaban J connectivity index is 1.78. The molecule has 3 heterocycles. The van der Waals surface area contributed by atoms with Crippen molar-refractivity contribution < 1.29 is 14.3 Å². The largest absolute Gasteiger partial charge is 0.378 e. The molecule has 1 fully saturated rings. The summed E-state index contributed by atoms with van der Waals surface area (Å²) in [6.45, 7) is 1.21. The molecule has 2 aromatic heterocycles. The molecule has 1 saturated heterocycles. The van der Waals surface area contributed by atoms with Gasteiger partial charge in [0.15, 0.2) is 0 Å². The smallest absolute Gasteiger partial charge is 0.266 e. The fourth-order valence-corrected chi connectivity index (χ4v) is 3.84. The second-order valence-corrected chi connectivity index (χ2v) is 7.10. The number of pyridine rings is 1. The monoisotopic (exact) mass is 379 g/mol. The zero-order valence-electron chi connectivity index (χ0n) is 13.7. The van der Waals surface area contributed by atoms with Crippen molar-refractivity contribution in [2.45, 2.75) is 12.6 Å². The summed E-state index contributed by atoms with van der Waals surface area (Å²) < 4.78 is 5.48. The van der Waals surface area contributed by atoms with Gasteiger partial charge in [0.25, 0.3) is 5.91 Å². The molecule has 1 atom stereocenters. The molecular weight excluding hydrogens is 362 g/mol. The molecule has 0 bridgehead atoms. The van der Waals surface area contributed by atoms with E-state index in [1.54, 1.807) is 35.8 Å². The highest BCUT2D eigenvalue weighted by Gasteiger charge is 2.31. The predicted octanol–water partition coefficient (Wildman–Crippen LogP) is 2.30. The Hall–Kier alpha value is -1.96. The van der Waals surface area contributed by atoms with Gasteiger partial charge in [0.2, 0.25) is 5.91 Å². The molecule has 3 rings (SSSR count). The lowest BCUT2D eigenvalue weighted by atomic mass is 10.2. The lowest BCUT2D eigenvalue weighted by molar-refractivity contribution is -0.132. The number of aromatic nitrogens is 1. The molecule has 0 aromatic carbocycles. The van der Waals surface area contributed by atoms with Gasteiger partial charge in [0, 0.05) is 39.1 Å². The fourth-order valence-electron chi connectivity index (χ4n) is 2.74. The molecule has 0 aliphatic carbocycles. The number of methoxy groups -OCH3 is 1. The van der Waals surface area contributed by atoms with E-state index in [1.165, 1.54) is 16.2 Å². The minimum Gasteiger partial charge on any atom is -0.378 e. The third-order valence-corrected chi connectivity index (χ3v) is 5.38. The van der Waals surface area contributed by atoms with Crippen LogP contribution in [0.15, 0.2) is 36.0 Å². The third kappa shape index (κ3) is 4.18. The van der Waals surface area contributed by atoms with Crippen molar-refractivity contribution in [1.82, 2.24) is 14.8 Å². The minimum atomic E-state index is -0.259. The molecule has 8 heteroatoms. The van der Waals surface area contributed by atoms with Gasteiger partial charge >= 0.3 is 0 Å². The number of rotatable bonds is 4. The van der Waals surface area contributed by atoms with Gasteiger partial charge in [0.1, 0.15) is 11.4 Å². The Bertz CT molecular complexity index is 753. The van der Waals surface area contributed by atoms with Crippen LogP contribution >= 0.6 is 22.9 Å². The van der Waals surface area contributed by atoms with Crippen LogP contribution in [0, 0.1) is 0 Å². The maximum atomic E-state index is 12.7. The van der Waals surface area contributed by atoms with E-state index in [4.69, 9.17) is 16.3 Å². The highest BCUT2D eigenvalue weighted by Crippen LogP contribution is 2.24. The normalized spacial score (nSPS) is 18.3. The fraction of sp³-hybridized carbons (Fsp3) is 0.353. The summed E-state index contributed by atoms with van der Waals surface area (Å²) in [5.41, 5.74) is 0.937. The molecule has 0 N–H and O–H groups in total. The predicted molar refractivity (Wildman–Crippen MR) is 95.7 cm³/mol. The molecule has 0 radical (unpaired) electrons. The Labute approximate surface area is 155 Å². The Morgan fingerprint density at radius 3 is 2.92 bits per heavy atom. The van der Waals surface area contributed by atoms with Crippen molar-refractivity contribution in [3.05, 3.63) is 51.4 Å². The van der Waals surface area contributed by atoms with Crippen LogP contribution in [-0.4, -0.2) is 59.4 Å². The molecule has 2 amide bonds. The van der Waals surface area contributed by atoms with Crippen LogP contribution in [0.2, 0.25) is 5.02 Å². The molecule has 6 nitrogen and oxygen atoms in total. The molecule has 132 valence electrons. The van der Waals surface area contributed by atoms with E-state index in [1.807, 2.05) is 12.1 Å². The maximum Gasteiger partial charge on any atom is 0.266 e. The molecule has 25 heavy (non-hydrogen) atoms. The van der Waals surface area contributed by atoms with E-state index in [-0.39, 0.29) is 24.5 Å². The number of halogens is 1. The first-order valence-corrected chi connectivity index (χ1v) is 9.06. The third-order valence-electron chi connectivity index (χ3n) is 4.06. The molecule has 1 aliphatic rings. The number of thiophene rings is 1. The van der Waals surface area contributed by atoms with Gasteiger partial charge < -0.3 is 14.5 Å². The number of ether oxygens (including phenoxy) is 1. The van der Waals surface area contributed by atoms with Gasteiger partial charge in [-0.25, -0.2) is 0 Å². The molecule has 0 saturated carbocycles. The minimum absolute atomic E-state index is 0.00713. The zero-order valence-corrected chi connectivity index (χ0v) is 15.3. The summed E-state index contributed by atoms with van der Waals surface area (Å²) in [7, 11) is 1.59. The number of hydrogen-bond acceptors (Lipinski definition) is 5. The summed E-state index contributed by atoms with van der Waals surface area (Å²) in [5, 5.41) is 2.17. The van der Waals surface area contributed by atoms with Gasteiger partial charge in [-0.3, -0.25) is 14.6 Å². The van der Waals surface area contributed by atoms with Crippen LogP contribution in [0.5, 0.6) is 0 Å². The standard InChI is InChI=1S/C17H18ClN3O3S/c1-24-13-9-20(8-12-3-2-5-19-7-12)15(22)11-21(10-13)17(23)16-14(18)4-6-25-16/h2-7,13H,8-11H2,1H3/t13-/m1/s1. The maximum absolute atomic E-state index is 12.7. The van der Waals surface area contributed by atoms with Crippen molar-refractivity contribution in [3.63, 3.8) is 0 Å². The summed E-state index contributed by atoms with van der Waals surface area (Å²) in [6, 6.07) is 5.43. The van der Waals surface area contributed by atoms with E-state index in [9.17, 15) is 9.59 Å². The van der Waals surface area contributed by atoms with Crippen molar-refractivity contribution in [3.8, 4) is 0 Å². The van der Waals surface area contributed by atoms with Crippen molar-refractivity contribution >= 4 is 34.8 Å². The Morgan fingerprint density at radius 1 is 1.44 bits per heavy atom. The van der Waals surface area contributed by atoms with E-state index in [2.05, 4.69) is 4.98 Å². The van der Waals surface area contributed by atoms with E-state index < -0.39 is 0 Å². The van der Waals surface area contributed by atoms with Crippen LogP contribution in [-0.2, 0) is 16.1 Å². The lowest BCUT2D eigenvalue weighted by Crippen LogP contribution is -2.39. The van der Waals surface area contributed by atoms with Crippen LogP contribution in [0.3, 0.4) is 0 Å². The molecule has 0 unspecified atom stereocenters. The first-order valence-electron chi connectivity index (χ1n) is 7.80. The van der Waals surface area contributed by atoms with Gasteiger partial charge in [0.05, 0.1) is 11.1 Å². The second kappa shape index (κ2) is 7.95. The van der Waals surface area contributed by atoms with Crippen LogP contribution < -0.4 is 0 Å². The number of nitrogens with zero attached hydrogens (tertiary/aromatic N) is 3. The summed E-state index contributed by atoms with van der Waals surface area (Å²) in [5.74, 6) is -0.358. The topological polar surface area (TPSA) is 62.7 Å². The second-order valence-electron chi connectivity index (χ2n) is 5.78. The highest BCUT2D eigenvalue weighted by molar-refractivity contribution is 7.12. The van der Waals surface area contributed by atoms with Gasteiger partial charge in [-0.05, 0) is 23.1 Å². The van der Waals surface area contributed by atoms with Gasteiger partial charge in [-0.2, -0.15) is 0 Å². The first-order chi connectivity index (χ1) is 12.1. The van der Waals surface area contributed by atoms with Crippen LogP contribution in [0.1, 0.15) is 15.2 Å². The zero-order chi connectivity index (χ0) is 17.8. The highest BCUT2D eigenvalue weighted by atomic mass is 35.5. The Morgan fingerprint density at radius 2 is 2.28 bits per heavy atom. The molecular formula is C17H18ClN3O3S. The van der Waals surface area contributed by atoms with Crippen LogP contribution in [0.4, 0.5) is 0 Å². The average Bonchev–Trinajstić information content (AvgIpc) is 2.98. The SMILES string of the molecule is CO[C@@H]1CN(Cc2cccnc2)C(=O)CN(C(=O)c2sccc2Cl)C1. The quantitative estimate of drug-likeness (QED) is 0.817. The van der Waals surface area contributed by atoms with Crippen molar-refractivity contribution in [2.75, 3.05) is 26.7 Å². The lowest BCUT2D eigenvalue weighted by Gasteiger charge is -2.23. The molecule has 1 aliphatic heterocycles. The summed E-state index contributed by atoms with van der Waals surface area (Å²) in [4.78, 5) is 33.1. The number of hydrogen-bond donors (Lipinski definition) is 0. The Kier molecular flexibility index (Phi) is 5.67. The van der Waals surface area contributed by atoms with Gasteiger partial charge in [-0.15, -0.1) is 11.3 Å². The number of carbonyl (C=O) groups excluding carboxylic acids is 2.